The second kappa shape index (κ2) is 5.70. The topological polar surface area (TPSA) is 73.9 Å². The normalized spacial score (nSPS) is 12.1. The van der Waals surface area contributed by atoms with Crippen LogP contribution in [-0.4, -0.2) is 20.3 Å². The molecule has 0 aliphatic carbocycles. The number of benzene rings is 1. The minimum Gasteiger partial charge on any atom is -0.481 e. The molecule has 0 radical (unpaired) electrons. The molecule has 1 atom stereocenters. The van der Waals surface area contributed by atoms with Crippen molar-refractivity contribution >= 4 is 0 Å². The van der Waals surface area contributed by atoms with Crippen LogP contribution in [0.15, 0.2) is 47.0 Å². The molecule has 6 nitrogen and oxygen atoms in total. The van der Waals surface area contributed by atoms with Crippen molar-refractivity contribution in [1.29, 1.82) is 0 Å². The number of aryl methyl sites for hydroxylation is 1. The van der Waals surface area contributed by atoms with Gasteiger partial charge in [0.05, 0.1) is 5.69 Å². The standard InChI is InChI=1S/C15H14N4O2/c1-10-8-9-13(18-17-10)14-16-15(21-19-14)11(2)20-12-6-4-3-5-7-12/h3-9,11H,1-2H3/t11-/m0/s1. The molecule has 0 unspecified atom stereocenters. The van der Waals surface area contributed by atoms with E-state index in [1.165, 1.54) is 0 Å². The van der Waals surface area contributed by atoms with Gasteiger partial charge in [0.15, 0.2) is 6.10 Å². The van der Waals surface area contributed by atoms with E-state index in [4.69, 9.17) is 9.26 Å². The molecule has 0 bridgehead atoms. The van der Waals surface area contributed by atoms with Crippen LogP contribution in [0, 0.1) is 6.92 Å². The summed E-state index contributed by atoms with van der Waals surface area (Å²) in [5, 5.41) is 11.9. The number of nitrogens with zero attached hydrogens (tertiary/aromatic N) is 4. The molecular weight excluding hydrogens is 268 g/mol. The van der Waals surface area contributed by atoms with Gasteiger partial charge in [0, 0.05) is 0 Å². The van der Waals surface area contributed by atoms with Crippen LogP contribution in [0.1, 0.15) is 24.6 Å². The summed E-state index contributed by atoms with van der Waals surface area (Å²) in [6.07, 6.45) is -0.341. The Labute approximate surface area is 121 Å². The van der Waals surface area contributed by atoms with Crippen molar-refractivity contribution in [2.75, 3.05) is 0 Å². The van der Waals surface area contributed by atoms with Gasteiger partial charge in [-0.2, -0.15) is 10.1 Å². The Bertz CT molecular complexity index is 710. The monoisotopic (exact) mass is 282 g/mol. The highest BCUT2D eigenvalue weighted by atomic mass is 16.5. The first kappa shape index (κ1) is 13.2. The highest BCUT2D eigenvalue weighted by Gasteiger charge is 2.17. The van der Waals surface area contributed by atoms with E-state index in [0.717, 1.165) is 11.4 Å². The Kier molecular flexibility index (Phi) is 3.59. The van der Waals surface area contributed by atoms with Gasteiger partial charge in [-0.25, -0.2) is 0 Å². The minimum absolute atomic E-state index is 0.341. The molecule has 0 fully saturated rings. The molecule has 0 saturated carbocycles. The van der Waals surface area contributed by atoms with Crippen LogP contribution >= 0.6 is 0 Å². The van der Waals surface area contributed by atoms with Crippen LogP contribution < -0.4 is 4.74 Å². The van der Waals surface area contributed by atoms with Gasteiger partial charge in [0.1, 0.15) is 11.4 Å². The summed E-state index contributed by atoms with van der Waals surface area (Å²) in [5.41, 5.74) is 1.41. The zero-order valence-electron chi connectivity index (χ0n) is 11.7. The predicted octanol–water partition coefficient (Wildman–Crippen LogP) is 2.98. The van der Waals surface area contributed by atoms with Gasteiger partial charge in [0.25, 0.3) is 5.89 Å². The molecule has 6 heteroatoms. The second-order valence-electron chi connectivity index (χ2n) is 4.59. The number of para-hydroxylation sites is 1. The van der Waals surface area contributed by atoms with Crippen LogP contribution in [0.5, 0.6) is 5.75 Å². The fraction of sp³-hybridized carbons (Fsp3) is 0.200. The van der Waals surface area contributed by atoms with Gasteiger partial charge in [-0.15, -0.1) is 5.10 Å². The average molecular weight is 282 g/mol. The summed E-state index contributed by atoms with van der Waals surface area (Å²) in [7, 11) is 0. The first-order chi connectivity index (χ1) is 10.2. The molecule has 0 spiro atoms. The van der Waals surface area contributed by atoms with Crippen molar-refractivity contribution in [2.24, 2.45) is 0 Å². The average Bonchev–Trinajstić information content (AvgIpc) is 2.99. The van der Waals surface area contributed by atoms with E-state index >= 15 is 0 Å². The lowest BCUT2D eigenvalue weighted by atomic mass is 10.3. The lowest BCUT2D eigenvalue weighted by molar-refractivity contribution is 0.176. The number of rotatable bonds is 4. The molecule has 0 amide bonds. The summed E-state index contributed by atoms with van der Waals surface area (Å²) in [4.78, 5) is 4.30. The maximum absolute atomic E-state index is 5.74. The molecule has 3 aromatic rings. The molecular formula is C15H14N4O2. The molecule has 0 saturated heterocycles. The van der Waals surface area contributed by atoms with Gasteiger partial charge in [-0.3, -0.25) is 0 Å². The predicted molar refractivity (Wildman–Crippen MR) is 75.5 cm³/mol. The Hall–Kier alpha value is -2.76. The molecule has 3 rings (SSSR count). The van der Waals surface area contributed by atoms with E-state index in [2.05, 4.69) is 20.3 Å². The summed E-state index contributed by atoms with van der Waals surface area (Å²) in [5.74, 6) is 1.55. The van der Waals surface area contributed by atoms with E-state index in [9.17, 15) is 0 Å². The van der Waals surface area contributed by atoms with E-state index < -0.39 is 0 Å². The van der Waals surface area contributed by atoms with Gasteiger partial charge in [-0.1, -0.05) is 23.4 Å². The Morgan fingerprint density at radius 2 is 1.86 bits per heavy atom. The van der Waals surface area contributed by atoms with Crippen LogP contribution in [-0.2, 0) is 0 Å². The third-order valence-electron chi connectivity index (χ3n) is 2.87. The fourth-order valence-corrected chi connectivity index (χ4v) is 1.78. The summed E-state index contributed by atoms with van der Waals surface area (Å²) in [6.45, 7) is 3.72. The van der Waals surface area contributed by atoms with Crippen molar-refractivity contribution in [1.82, 2.24) is 20.3 Å². The molecule has 21 heavy (non-hydrogen) atoms. The first-order valence-electron chi connectivity index (χ1n) is 6.58. The van der Waals surface area contributed by atoms with Gasteiger partial charge in [0.2, 0.25) is 5.82 Å². The lowest BCUT2D eigenvalue weighted by Crippen LogP contribution is -2.03. The summed E-state index contributed by atoms with van der Waals surface area (Å²) in [6, 6.07) is 13.1. The van der Waals surface area contributed by atoms with Crippen LogP contribution in [0.4, 0.5) is 0 Å². The lowest BCUT2D eigenvalue weighted by Gasteiger charge is -2.09. The smallest absolute Gasteiger partial charge is 0.267 e. The number of ether oxygens (including phenoxy) is 1. The Morgan fingerprint density at radius 3 is 2.57 bits per heavy atom. The number of hydrogen-bond donors (Lipinski definition) is 0. The molecule has 2 heterocycles. The van der Waals surface area contributed by atoms with Crippen LogP contribution in [0.2, 0.25) is 0 Å². The Balaban J connectivity index is 1.76. The minimum atomic E-state index is -0.341. The van der Waals surface area contributed by atoms with E-state index in [-0.39, 0.29) is 6.10 Å². The van der Waals surface area contributed by atoms with Crippen molar-refractivity contribution in [3.05, 3.63) is 54.0 Å². The molecule has 106 valence electrons. The molecule has 2 aromatic heterocycles. The zero-order chi connectivity index (χ0) is 14.7. The van der Waals surface area contributed by atoms with E-state index in [1.54, 1.807) is 6.07 Å². The van der Waals surface area contributed by atoms with Gasteiger partial charge >= 0.3 is 0 Å². The highest BCUT2D eigenvalue weighted by Crippen LogP contribution is 2.22. The van der Waals surface area contributed by atoms with Crippen molar-refractivity contribution < 1.29 is 9.26 Å². The zero-order valence-corrected chi connectivity index (χ0v) is 11.7. The quantitative estimate of drug-likeness (QED) is 0.732. The molecule has 0 aliphatic rings. The van der Waals surface area contributed by atoms with Crippen molar-refractivity contribution in [3.8, 4) is 17.3 Å². The maximum atomic E-state index is 5.74. The third-order valence-corrected chi connectivity index (χ3v) is 2.87. The fourth-order valence-electron chi connectivity index (χ4n) is 1.78. The largest absolute Gasteiger partial charge is 0.481 e. The van der Waals surface area contributed by atoms with Gasteiger partial charge < -0.3 is 9.26 Å². The summed E-state index contributed by atoms with van der Waals surface area (Å²) >= 11 is 0. The van der Waals surface area contributed by atoms with E-state index in [0.29, 0.717) is 17.4 Å². The van der Waals surface area contributed by atoms with Crippen molar-refractivity contribution in [3.63, 3.8) is 0 Å². The SMILES string of the molecule is Cc1ccc(-c2noc([C@H](C)Oc3ccccc3)n2)nn1. The van der Waals surface area contributed by atoms with Crippen LogP contribution in [0.3, 0.4) is 0 Å². The number of hydrogen-bond acceptors (Lipinski definition) is 6. The molecule has 0 N–H and O–H groups in total. The second-order valence-corrected chi connectivity index (χ2v) is 4.59. The summed E-state index contributed by atoms with van der Waals surface area (Å²) < 4.78 is 11.0. The Morgan fingerprint density at radius 1 is 1.05 bits per heavy atom. The van der Waals surface area contributed by atoms with Crippen LogP contribution in [0.25, 0.3) is 11.5 Å². The maximum Gasteiger partial charge on any atom is 0.267 e. The van der Waals surface area contributed by atoms with E-state index in [1.807, 2.05) is 50.2 Å². The molecule has 1 aromatic carbocycles. The number of aromatic nitrogens is 4. The van der Waals surface area contributed by atoms with Gasteiger partial charge in [-0.05, 0) is 38.1 Å². The first-order valence-corrected chi connectivity index (χ1v) is 6.58. The highest BCUT2D eigenvalue weighted by molar-refractivity contribution is 5.46. The molecule has 0 aliphatic heterocycles. The van der Waals surface area contributed by atoms with Crippen molar-refractivity contribution in [2.45, 2.75) is 20.0 Å². The third kappa shape index (κ3) is 3.05.